The molecule has 0 atom stereocenters. The first-order valence-electron chi connectivity index (χ1n) is 3.66. The van der Waals surface area contributed by atoms with Crippen LogP contribution in [0.15, 0.2) is 0 Å². The molecule has 1 amide bonds. The number of amides is 1. The number of likely N-dealkylation sites (N-methyl/N-ethyl adjacent to an activating group) is 2. The molecule has 0 fully saturated rings. The van der Waals surface area contributed by atoms with Crippen molar-refractivity contribution in [2.75, 3.05) is 40.8 Å². The minimum atomic E-state index is 0.112. The summed E-state index contributed by atoms with van der Waals surface area (Å²) in [6.07, 6.45) is 0. The second-order valence-corrected chi connectivity index (χ2v) is 2.84. The van der Waals surface area contributed by atoms with Gasteiger partial charge < -0.3 is 15.5 Å². The van der Waals surface area contributed by atoms with Crippen LogP contribution < -0.4 is 5.73 Å². The van der Waals surface area contributed by atoms with Gasteiger partial charge in [0.2, 0.25) is 5.91 Å². The summed E-state index contributed by atoms with van der Waals surface area (Å²) in [6, 6.07) is 0. The molecule has 0 rings (SSSR count). The van der Waals surface area contributed by atoms with Gasteiger partial charge in [0, 0.05) is 20.1 Å². The van der Waals surface area contributed by atoms with Crippen LogP contribution >= 0.6 is 0 Å². The fourth-order valence-electron chi connectivity index (χ4n) is 0.710. The molecule has 0 aromatic carbocycles. The van der Waals surface area contributed by atoms with Crippen LogP contribution in [0.5, 0.6) is 0 Å². The highest BCUT2D eigenvalue weighted by atomic mass is 16.2. The number of hydrogen-bond donors (Lipinski definition) is 1. The number of carbonyl (C=O) groups excluding carboxylic acids is 1. The Morgan fingerprint density at radius 1 is 1.36 bits per heavy atom. The summed E-state index contributed by atoms with van der Waals surface area (Å²) < 4.78 is 0. The molecular weight excluding hydrogens is 142 g/mol. The van der Waals surface area contributed by atoms with Crippen molar-refractivity contribution in [2.24, 2.45) is 5.73 Å². The van der Waals surface area contributed by atoms with Crippen LogP contribution in [0.4, 0.5) is 0 Å². The SMILES string of the molecule is CN(C)CC(=O)N(C)CCN. The molecule has 4 heteroatoms. The van der Waals surface area contributed by atoms with Crippen molar-refractivity contribution in [3.63, 3.8) is 0 Å². The van der Waals surface area contributed by atoms with Crippen molar-refractivity contribution >= 4 is 5.91 Å². The van der Waals surface area contributed by atoms with E-state index in [0.29, 0.717) is 19.6 Å². The van der Waals surface area contributed by atoms with Crippen LogP contribution in [-0.2, 0) is 4.79 Å². The van der Waals surface area contributed by atoms with Gasteiger partial charge in [0.1, 0.15) is 0 Å². The highest BCUT2D eigenvalue weighted by Gasteiger charge is 2.07. The van der Waals surface area contributed by atoms with Gasteiger partial charge in [-0.2, -0.15) is 0 Å². The van der Waals surface area contributed by atoms with Crippen LogP contribution in [0.1, 0.15) is 0 Å². The lowest BCUT2D eigenvalue weighted by Crippen LogP contribution is -2.37. The maximum absolute atomic E-state index is 11.2. The Morgan fingerprint density at radius 3 is 2.27 bits per heavy atom. The fraction of sp³-hybridized carbons (Fsp3) is 0.857. The van der Waals surface area contributed by atoms with E-state index in [1.807, 2.05) is 19.0 Å². The maximum Gasteiger partial charge on any atom is 0.236 e. The molecule has 66 valence electrons. The number of rotatable bonds is 4. The molecule has 0 saturated carbocycles. The maximum atomic E-state index is 11.2. The average Bonchev–Trinajstić information content (AvgIpc) is 1.86. The third kappa shape index (κ3) is 4.75. The highest BCUT2D eigenvalue weighted by molar-refractivity contribution is 5.77. The monoisotopic (exact) mass is 159 g/mol. The second-order valence-electron chi connectivity index (χ2n) is 2.84. The van der Waals surface area contributed by atoms with Gasteiger partial charge in [0.25, 0.3) is 0 Å². The Balaban J connectivity index is 3.64. The van der Waals surface area contributed by atoms with E-state index in [0.717, 1.165) is 0 Å². The summed E-state index contributed by atoms with van der Waals surface area (Å²) in [6.45, 7) is 1.61. The summed E-state index contributed by atoms with van der Waals surface area (Å²) in [7, 11) is 5.50. The summed E-state index contributed by atoms with van der Waals surface area (Å²) in [5.74, 6) is 0.112. The van der Waals surface area contributed by atoms with Crippen molar-refractivity contribution in [3.05, 3.63) is 0 Å². The largest absolute Gasteiger partial charge is 0.343 e. The van der Waals surface area contributed by atoms with Crippen molar-refractivity contribution in [1.82, 2.24) is 9.80 Å². The Morgan fingerprint density at radius 2 is 1.91 bits per heavy atom. The van der Waals surface area contributed by atoms with Gasteiger partial charge in [0.15, 0.2) is 0 Å². The van der Waals surface area contributed by atoms with Crippen molar-refractivity contribution in [3.8, 4) is 0 Å². The van der Waals surface area contributed by atoms with E-state index < -0.39 is 0 Å². The zero-order valence-corrected chi connectivity index (χ0v) is 7.50. The van der Waals surface area contributed by atoms with Gasteiger partial charge in [-0.05, 0) is 14.1 Å². The second kappa shape index (κ2) is 5.09. The summed E-state index contributed by atoms with van der Waals surface area (Å²) in [5.41, 5.74) is 5.29. The molecule has 0 bridgehead atoms. The number of nitrogens with zero attached hydrogens (tertiary/aromatic N) is 2. The molecule has 0 aliphatic carbocycles. The predicted octanol–water partition coefficient (Wildman–Crippen LogP) is -1.03. The van der Waals surface area contributed by atoms with Crippen LogP contribution in [0.25, 0.3) is 0 Å². The van der Waals surface area contributed by atoms with Crippen LogP contribution in [0.3, 0.4) is 0 Å². The number of hydrogen-bond acceptors (Lipinski definition) is 3. The van der Waals surface area contributed by atoms with Gasteiger partial charge in [-0.25, -0.2) is 0 Å². The van der Waals surface area contributed by atoms with Crippen molar-refractivity contribution in [2.45, 2.75) is 0 Å². The van der Waals surface area contributed by atoms with E-state index in [1.165, 1.54) is 0 Å². The summed E-state index contributed by atoms with van der Waals surface area (Å²) in [4.78, 5) is 14.7. The molecule has 0 aromatic rings. The first-order chi connectivity index (χ1) is 5.07. The topological polar surface area (TPSA) is 49.6 Å². The smallest absolute Gasteiger partial charge is 0.236 e. The quantitative estimate of drug-likeness (QED) is 0.570. The minimum Gasteiger partial charge on any atom is -0.343 e. The zero-order valence-electron chi connectivity index (χ0n) is 7.50. The molecule has 0 aliphatic rings. The highest BCUT2D eigenvalue weighted by Crippen LogP contribution is 1.84. The first kappa shape index (κ1) is 10.4. The molecule has 11 heavy (non-hydrogen) atoms. The standard InChI is InChI=1S/C7H17N3O/c1-9(2)6-7(11)10(3)5-4-8/h4-6,8H2,1-3H3. The molecule has 0 saturated heterocycles. The first-order valence-corrected chi connectivity index (χ1v) is 3.66. The summed E-state index contributed by atoms with van der Waals surface area (Å²) in [5, 5.41) is 0. The van der Waals surface area contributed by atoms with E-state index in [1.54, 1.807) is 11.9 Å². The van der Waals surface area contributed by atoms with Gasteiger partial charge in [0.05, 0.1) is 6.54 Å². The Bertz CT molecular complexity index is 125. The lowest BCUT2D eigenvalue weighted by molar-refractivity contribution is -0.130. The normalized spacial score (nSPS) is 10.3. The predicted molar refractivity (Wildman–Crippen MR) is 45.2 cm³/mol. The lowest BCUT2D eigenvalue weighted by atomic mass is 10.4. The molecule has 0 aliphatic heterocycles. The van der Waals surface area contributed by atoms with E-state index >= 15 is 0 Å². The van der Waals surface area contributed by atoms with E-state index in [-0.39, 0.29) is 5.91 Å². The van der Waals surface area contributed by atoms with E-state index in [4.69, 9.17) is 5.73 Å². The number of nitrogens with two attached hydrogens (primary N) is 1. The Kier molecular flexibility index (Phi) is 4.81. The van der Waals surface area contributed by atoms with Gasteiger partial charge in [-0.3, -0.25) is 4.79 Å². The number of carbonyl (C=O) groups is 1. The molecular formula is C7H17N3O. The molecule has 2 N–H and O–H groups in total. The van der Waals surface area contributed by atoms with Crippen LogP contribution in [-0.4, -0.2) is 56.5 Å². The molecule has 0 unspecified atom stereocenters. The minimum absolute atomic E-state index is 0.112. The van der Waals surface area contributed by atoms with Gasteiger partial charge in [-0.1, -0.05) is 0 Å². The molecule has 0 heterocycles. The van der Waals surface area contributed by atoms with E-state index in [2.05, 4.69) is 0 Å². The fourth-order valence-corrected chi connectivity index (χ4v) is 0.710. The lowest BCUT2D eigenvalue weighted by Gasteiger charge is -2.18. The van der Waals surface area contributed by atoms with Crippen molar-refractivity contribution in [1.29, 1.82) is 0 Å². The van der Waals surface area contributed by atoms with Crippen LogP contribution in [0.2, 0.25) is 0 Å². The van der Waals surface area contributed by atoms with E-state index in [9.17, 15) is 4.79 Å². The molecule has 0 aromatic heterocycles. The van der Waals surface area contributed by atoms with Crippen LogP contribution in [0, 0.1) is 0 Å². The molecule has 4 nitrogen and oxygen atoms in total. The third-order valence-electron chi connectivity index (χ3n) is 1.34. The van der Waals surface area contributed by atoms with Gasteiger partial charge in [-0.15, -0.1) is 0 Å². The molecule has 0 spiro atoms. The summed E-state index contributed by atoms with van der Waals surface area (Å²) >= 11 is 0. The Labute approximate surface area is 67.9 Å². The zero-order chi connectivity index (χ0) is 8.85. The average molecular weight is 159 g/mol. The van der Waals surface area contributed by atoms with Gasteiger partial charge >= 0.3 is 0 Å². The Hall–Kier alpha value is -0.610. The van der Waals surface area contributed by atoms with Crippen molar-refractivity contribution < 1.29 is 4.79 Å². The third-order valence-corrected chi connectivity index (χ3v) is 1.34. The molecule has 0 radical (unpaired) electrons.